The van der Waals surface area contributed by atoms with Crippen molar-refractivity contribution in [1.82, 2.24) is 0 Å². The highest BCUT2D eigenvalue weighted by Gasteiger charge is 2.12. The molecule has 0 bridgehead atoms. The van der Waals surface area contributed by atoms with Gasteiger partial charge in [0.15, 0.2) is 0 Å². The number of benzene rings is 2. The number of rotatable bonds is 0. The molecule has 0 unspecified atom stereocenters. The average Bonchev–Trinajstić information content (AvgIpc) is 2.36. The van der Waals surface area contributed by atoms with Gasteiger partial charge in [0.1, 0.15) is 0 Å². The van der Waals surface area contributed by atoms with Gasteiger partial charge in [0.25, 0.3) is 0 Å². The van der Waals surface area contributed by atoms with Crippen LogP contribution in [0.25, 0.3) is 22.9 Å². The summed E-state index contributed by atoms with van der Waals surface area (Å²) in [5.74, 6) is 0. The molecular weight excluding hydrogens is 220 g/mol. The first kappa shape index (κ1) is 10.7. The van der Waals surface area contributed by atoms with Crippen molar-refractivity contribution in [3.8, 4) is 0 Å². The Morgan fingerprint density at radius 1 is 0.944 bits per heavy atom. The third-order valence-electron chi connectivity index (χ3n) is 3.26. The Kier molecular flexibility index (Phi) is 2.44. The Hall–Kier alpha value is -2.44. The molecule has 1 aliphatic carbocycles. The second-order valence-electron chi connectivity index (χ2n) is 4.35. The van der Waals surface area contributed by atoms with Gasteiger partial charge >= 0.3 is 0 Å². The molecule has 0 spiro atoms. The SMILES string of the molecule is Nc1c2c(c3ccccc3c1N)C=C=CC/C=C\2. The molecule has 3 rings (SSSR count). The second-order valence-corrected chi connectivity index (χ2v) is 4.35. The second kappa shape index (κ2) is 4.10. The van der Waals surface area contributed by atoms with E-state index in [-0.39, 0.29) is 0 Å². The van der Waals surface area contributed by atoms with Gasteiger partial charge < -0.3 is 11.5 Å². The lowest BCUT2D eigenvalue weighted by molar-refractivity contribution is 1.41. The summed E-state index contributed by atoms with van der Waals surface area (Å²) >= 11 is 0. The largest absolute Gasteiger partial charge is 0.397 e. The van der Waals surface area contributed by atoms with Crippen LogP contribution in [0.5, 0.6) is 0 Å². The maximum absolute atomic E-state index is 6.16. The molecule has 0 aliphatic heterocycles. The molecular formula is C16H14N2. The van der Waals surface area contributed by atoms with Crippen LogP contribution in [0.1, 0.15) is 17.5 Å². The average molecular weight is 234 g/mol. The highest BCUT2D eigenvalue weighted by Crippen LogP contribution is 2.36. The minimum Gasteiger partial charge on any atom is -0.397 e. The van der Waals surface area contributed by atoms with Crippen LogP contribution in [0, 0.1) is 0 Å². The van der Waals surface area contributed by atoms with Gasteiger partial charge in [-0.05, 0) is 29.5 Å². The quantitative estimate of drug-likeness (QED) is 0.416. The summed E-state index contributed by atoms with van der Waals surface area (Å²) in [6, 6.07) is 8.06. The minimum atomic E-state index is 0.653. The summed E-state index contributed by atoms with van der Waals surface area (Å²) in [6.45, 7) is 0. The number of hydrogen-bond donors (Lipinski definition) is 2. The van der Waals surface area contributed by atoms with Gasteiger partial charge in [0.05, 0.1) is 11.4 Å². The number of fused-ring (bicyclic) bond motifs is 3. The lowest BCUT2D eigenvalue weighted by atomic mass is 9.94. The van der Waals surface area contributed by atoms with Crippen molar-refractivity contribution < 1.29 is 0 Å². The molecule has 0 radical (unpaired) electrons. The van der Waals surface area contributed by atoms with Crippen LogP contribution >= 0.6 is 0 Å². The number of nitrogen functional groups attached to an aromatic ring is 2. The van der Waals surface area contributed by atoms with E-state index in [1.807, 2.05) is 36.4 Å². The van der Waals surface area contributed by atoms with E-state index in [0.29, 0.717) is 11.4 Å². The van der Waals surface area contributed by atoms with Gasteiger partial charge in [-0.1, -0.05) is 36.4 Å². The zero-order chi connectivity index (χ0) is 12.5. The molecule has 88 valence electrons. The maximum Gasteiger partial charge on any atom is 0.0634 e. The van der Waals surface area contributed by atoms with Gasteiger partial charge in [-0.3, -0.25) is 0 Å². The summed E-state index contributed by atoms with van der Waals surface area (Å²) in [5.41, 5.74) is 18.9. The van der Waals surface area contributed by atoms with Crippen LogP contribution in [0.2, 0.25) is 0 Å². The monoisotopic (exact) mass is 234 g/mol. The predicted molar refractivity (Wildman–Crippen MR) is 79.0 cm³/mol. The molecule has 2 heteroatoms. The van der Waals surface area contributed by atoms with Crippen LogP contribution in [0.15, 0.2) is 42.1 Å². The minimum absolute atomic E-state index is 0.653. The van der Waals surface area contributed by atoms with E-state index in [2.05, 4.69) is 17.9 Å². The first-order chi connectivity index (χ1) is 8.79. The van der Waals surface area contributed by atoms with Gasteiger partial charge in [0, 0.05) is 10.9 Å². The molecule has 0 aromatic heterocycles. The van der Waals surface area contributed by atoms with Gasteiger partial charge in [0.2, 0.25) is 0 Å². The summed E-state index contributed by atoms with van der Waals surface area (Å²) in [4.78, 5) is 0. The maximum atomic E-state index is 6.16. The highest BCUT2D eigenvalue weighted by atomic mass is 14.7. The van der Waals surface area contributed by atoms with Crippen molar-refractivity contribution in [1.29, 1.82) is 0 Å². The number of hydrogen-bond acceptors (Lipinski definition) is 2. The van der Waals surface area contributed by atoms with Crippen LogP contribution in [-0.2, 0) is 0 Å². The topological polar surface area (TPSA) is 52.0 Å². The number of nitrogens with two attached hydrogens (primary N) is 2. The summed E-state index contributed by atoms with van der Waals surface area (Å²) < 4.78 is 0. The van der Waals surface area contributed by atoms with Crippen molar-refractivity contribution in [2.45, 2.75) is 6.42 Å². The molecule has 0 fully saturated rings. The molecule has 4 N–H and O–H groups in total. The third kappa shape index (κ3) is 1.52. The van der Waals surface area contributed by atoms with E-state index in [4.69, 9.17) is 11.5 Å². The fourth-order valence-corrected chi connectivity index (χ4v) is 2.33. The zero-order valence-corrected chi connectivity index (χ0v) is 9.98. The van der Waals surface area contributed by atoms with Gasteiger partial charge in [-0.2, -0.15) is 0 Å². The zero-order valence-electron chi connectivity index (χ0n) is 9.98. The fraction of sp³-hybridized carbons (Fsp3) is 0.0625. The normalized spacial score (nSPS) is 15.1. The molecule has 0 heterocycles. The molecule has 0 amide bonds. The van der Waals surface area contributed by atoms with Crippen LogP contribution in [0.4, 0.5) is 11.4 Å². The first-order valence-electron chi connectivity index (χ1n) is 5.96. The Labute approximate surface area is 106 Å². The Morgan fingerprint density at radius 3 is 2.56 bits per heavy atom. The summed E-state index contributed by atoms with van der Waals surface area (Å²) in [5, 5.41) is 2.12. The molecule has 2 nitrogen and oxygen atoms in total. The van der Waals surface area contributed by atoms with E-state index >= 15 is 0 Å². The third-order valence-corrected chi connectivity index (χ3v) is 3.26. The van der Waals surface area contributed by atoms with Crippen molar-refractivity contribution in [2.75, 3.05) is 11.5 Å². The number of anilines is 2. The molecule has 0 saturated heterocycles. The Morgan fingerprint density at radius 2 is 1.72 bits per heavy atom. The van der Waals surface area contributed by atoms with E-state index < -0.39 is 0 Å². The molecule has 0 atom stereocenters. The molecule has 18 heavy (non-hydrogen) atoms. The standard InChI is InChI=1S/C16H14N2/c17-15-13-9-4-2-1-3-7-11(13)12-8-5-6-10-14(12)16(15)18/h1,4-10H,2,17-18H2/b9-4-. The van der Waals surface area contributed by atoms with Crippen molar-refractivity contribution in [3.05, 3.63) is 53.3 Å². The van der Waals surface area contributed by atoms with E-state index in [1.165, 1.54) is 0 Å². The van der Waals surface area contributed by atoms with E-state index in [1.54, 1.807) is 0 Å². The van der Waals surface area contributed by atoms with Crippen molar-refractivity contribution in [3.63, 3.8) is 0 Å². The van der Waals surface area contributed by atoms with Crippen LogP contribution in [-0.4, -0.2) is 0 Å². The predicted octanol–water partition coefficient (Wildman–Crippen LogP) is 3.59. The van der Waals surface area contributed by atoms with E-state index in [0.717, 1.165) is 28.3 Å². The fourth-order valence-electron chi connectivity index (χ4n) is 2.33. The lowest BCUT2D eigenvalue weighted by Crippen LogP contribution is -2.01. The van der Waals surface area contributed by atoms with Gasteiger partial charge in [-0.15, -0.1) is 5.73 Å². The smallest absolute Gasteiger partial charge is 0.0634 e. The molecule has 2 aromatic rings. The lowest BCUT2D eigenvalue weighted by Gasteiger charge is -2.14. The van der Waals surface area contributed by atoms with Crippen molar-refractivity contribution in [2.24, 2.45) is 0 Å². The highest BCUT2D eigenvalue weighted by molar-refractivity contribution is 6.07. The number of allylic oxidation sites excluding steroid dienone is 2. The summed E-state index contributed by atoms with van der Waals surface area (Å²) in [6.07, 6.45) is 8.96. The van der Waals surface area contributed by atoms with Gasteiger partial charge in [-0.25, -0.2) is 0 Å². The molecule has 2 aromatic carbocycles. The molecule has 1 aliphatic rings. The Bertz CT molecular complexity index is 717. The van der Waals surface area contributed by atoms with Crippen molar-refractivity contribution >= 4 is 34.3 Å². The Balaban J connectivity index is 2.53. The summed E-state index contributed by atoms with van der Waals surface area (Å²) in [7, 11) is 0. The molecule has 0 saturated carbocycles. The van der Waals surface area contributed by atoms with Crippen LogP contribution < -0.4 is 11.5 Å². The van der Waals surface area contributed by atoms with E-state index in [9.17, 15) is 0 Å². The van der Waals surface area contributed by atoms with Crippen LogP contribution in [0.3, 0.4) is 0 Å². The first-order valence-corrected chi connectivity index (χ1v) is 5.96.